The van der Waals surface area contributed by atoms with Crippen molar-refractivity contribution in [3.05, 3.63) is 36.0 Å². The zero-order chi connectivity index (χ0) is 20.5. The van der Waals surface area contributed by atoms with E-state index < -0.39 is 0 Å². The molecule has 0 radical (unpaired) electrons. The second-order valence-corrected chi connectivity index (χ2v) is 8.29. The van der Waals surface area contributed by atoms with Crippen LogP contribution in [0, 0.1) is 12.8 Å². The lowest BCUT2D eigenvalue weighted by atomic mass is 9.94. The molecular weight excluding hydrogens is 382 g/mol. The maximum Gasteiger partial charge on any atom is 0.298 e. The zero-order valence-corrected chi connectivity index (χ0v) is 17.3. The predicted molar refractivity (Wildman–Crippen MR) is 111 cm³/mol. The summed E-state index contributed by atoms with van der Waals surface area (Å²) in [6.07, 6.45) is 5.73. The van der Waals surface area contributed by atoms with E-state index in [0.717, 1.165) is 69.3 Å². The molecule has 1 unspecified atom stereocenters. The number of hydrogen-bond donors (Lipinski definition) is 0. The summed E-state index contributed by atoms with van der Waals surface area (Å²) >= 11 is 0. The van der Waals surface area contributed by atoms with Crippen molar-refractivity contribution in [2.75, 3.05) is 24.5 Å². The summed E-state index contributed by atoms with van der Waals surface area (Å²) in [5, 5.41) is 4.12. The second-order valence-electron chi connectivity index (χ2n) is 8.29. The van der Waals surface area contributed by atoms with Gasteiger partial charge in [-0.25, -0.2) is 0 Å². The highest BCUT2D eigenvalue weighted by Gasteiger charge is 2.35. The lowest BCUT2D eigenvalue weighted by Crippen LogP contribution is -2.44. The molecule has 0 aliphatic carbocycles. The number of rotatable bonds is 3. The molecule has 8 nitrogen and oxygen atoms in total. The van der Waals surface area contributed by atoms with Crippen molar-refractivity contribution in [2.45, 2.75) is 51.5 Å². The third-order valence-corrected chi connectivity index (χ3v) is 6.27. The Kier molecular flexibility index (Phi) is 5.14. The standard InChI is InChI=1S/C22H27N5O3/c1-15-23-20(25-30-15)18-8-3-2-6-12-27(18)21(28)16-10-13-26(14-11-16)22-24-17-7-4-5-9-19(17)29-22/h4-5,7,9,16,18H,2-3,6,8,10-14H2,1H3. The Morgan fingerprint density at radius 2 is 1.87 bits per heavy atom. The van der Waals surface area contributed by atoms with Crippen LogP contribution < -0.4 is 4.90 Å². The first-order valence-electron chi connectivity index (χ1n) is 10.9. The van der Waals surface area contributed by atoms with E-state index in [-0.39, 0.29) is 17.9 Å². The van der Waals surface area contributed by atoms with Crippen molar-refractivity contribution >= 4 is 23.0 Å². The average Bonchev–Trinajstić information content (AvgIpc) is 3.32. The topological polar surface area (TPSA) is 88.5 Å². The predicted octanol–water partition coefficient (Wildman–Crippen LogP) is 3.88. The van der Waals surface area contributed by atoms with Crippen molar-refractivity contribution in [3.63, 3.8) is 0 Å². The van der Waals surface area contributed by atoms with Crippen LogP contribution in [0.2, 0.25) is 0 Å². The highest BCUT2D eigenvalue weighted by Crippen LogP contribution is 2.33. The van der Waals surface area contributed by atoms with Crippen molar-refractivity contribution in [3.8, 4) is 0 Å². The van der Waals surface area contributed by atoms with Gasteiger partial charge in [0.05, 0.1) is 6.04 Å². The van der Waals surface area contributed by atoms with E-state index in [0.29, 0.717) is 17.7 Å². The number of carbonyl (C=O) groups excluding carboxylic acids is 1. The lowest BCUT2D eigenvalue weighted by Gasteiger charge is -2.35. The molecule has 0 bridgehead atoms. The first kappa shape index (κ1) is 19.1. The molecule has 8 heteroatoms. The number of para-hydroxylation sites is 2. The molecule has 0 N–H and O–H groups in total. The number of nitrogens with zero attached hydrogens (tertiary/aromatic N) is 5. The first-order valence-corrected chi connectivity index (χ1v) is 10.9. The highest BCUT2D eigenvalue weighted by atomic mass is 16.5. The van der Waals surface area contributed by atoms with Gasteiger partial charge in [-0.2, -0.15) is 9.97 Å². The Bertz CT molecular complexity index is 988. The van der Waals surface area contributed by atoms with Gasteiger partial charge in [-0.15, -0.1) is 0 Å². The number of aryl methyl sites for hydroxylation is 1. The van der Waals surface area contributed by atoms with Crippen LogP contribution in [0.5, 0.6) is 0 Å². The third-order valence-electron chi connectivity index (χ3n) is 6.27. The van der Waals surface area contributed by atoms with Crippen molar-refractivity contribution in [2.24, 2.45) is 5.92 Å². The zero-order valence-electron chi connectivity index (χ0n) is 17.3. The first-order chi connectivity index (χ1) is 14.7. The number of anilines is 1. The third kappa shape index (κ3) is 3.66. The van der Waals surface area contributed by atoms with Crippen LogP contribution in [0.15, 0.2) is 33.2 Å². The van der Waals surface area contributed by atoms with E-state index >= 15 is 0 Å². The minimum absolute atomic E-state index is 0.0132. The molecule has 2 aliphatic rings. The summed E-state index contributed by atoms with van der Waals surface area (Å²) in [5.74, 6) is 1.43. The van der Waals surface area contributed by atoms with E-state index in [9.17, 15) is 4.79 Å². The Balaban J connectivity index is 1.28. The highest BCUT2D eigenvalue weighted by molar-refractivity contribution is 5.80. The quantitative estimate of drug-likeness (QED) is 0.648. The summed E-state index contributed by atoms with van der Waals surface area (Å²) in [6.45, 7) is 4.09. The van der Waals surface area contributed by atoms with E-state index in [1.165, 1.54) is 0 Å². The number of carbonyl (C=O) groups is 1. The van der Waals surface area contributed by atoms with Crippen LogP contribution in [0.1, 0.15) is 56.3 Å². The van der Waals surface area contributed by atoms with Crippen molar-refractivity contribution in [1.82, 2.24) is 20.0 Å². The Labute approximate surface area is 175 Å². The molecule has 0 saturated carbocycles. The molecule has 4 heterocycles. The Hall–Kier alpha value is -2.90. The number of piperidine rings is 1. The Morgan fingerprint density at radius 1 is 1.03 bits per heavy atom. The number of fused-ring (bicyclic) bond motifs is 1. The van der Waals surface area contributed by atoms with Crippen LogP contribution in [0.3, 0.4) is 0 Å². The number of hydrogen-bond acceptors (Lipinski definition) is 7. The normalized spacial score (nSPS) is 21.2. The molecule has 158 valence electrons. The molecule has 5 rings (SSSR count). The number of benzene rings is 1. The largest absolute Gasteiger partial charge is 0.423 e. The van der Waals surface area contributed by atoms with Gasteiger partial charge in [0.25, 0.3) is 6.01 Å². The maximum atomic E-state index is 13.5. The van der Waals surface area contributed by atoms with Gasteiger partial charge in [0.1, 0.15) is 5.52 Å². The SMILES string of the molecule is Cc1nc(C2CCCCCN2C(=O)C2CCN(c3nc4ccccc4o3)CC2)no1. The summed E-state index contributed by atoms with van der Waals surface area (Å²) in [5.41, 5.74) is 1.67. The van der Waals surface area contributed by atoms with Gasteiger partial charge in [-0.05, 0) is 37.8 Å². The van der Waals surface area contributed by atoms with Gasteiger partial charge in [-0.3, -0.25) is 4.79 Å². The van der Waals surface area contributed by atoms with Crippen LogP contribution in [0.25, 0.3) is 11.1 Å². The van der Waals surface area contributed by atoms with Gasteiger partial charge in [-0.1, -0.05) is 30.1 Å². The molecule has 2 fully saturated rings. The molecule has 3 aromatic rings. The molecule has 30 heavy (non-hydrogen) atoms. The maximum absolute atomic E-state index is 13.5. The van der Waals surface area contributed by atoms with E-state index in [4.69, 9.17) is 8.94 Å². The fourth-order valence-electron chi connectivity index (χ4n) is 4.64. The molecule has 2 saturated heterocycles. The van der Waals surface area contributed by atoms with Gasteiger partial charge in [0.15, 0.2) is 11.4 Å². The summed E-state index contributed by atoms with van der Waals surface area (Å²) in [4.78, 5) is 26.6. The number of likely N-dealkylation sites (tertiary alicyclic amines) is 1. The molecule has 1 aromatic carbocycles. The van der Waals surface area contributed by atoms with E-state index in [1.54, 1.807) is 6.92 Å². The van der Waals surface area contributed by atoms with Crippen LogP contribution in [-0.4, -0.2) is 45.6 Å². The minimum atomic E-state index is -0.0764. The smallest absolute Gasteiger partial charge is 0.298 e. The van der Waals surface area contributed by atoms with Crippen LogP contribution >= 0.6 is 0 Å². The van der Waals surface area contributed by atoms with Gasteiger partial charge in [0, 0.05) is 32.5 Å². The van der Waals surface area contributed by atoms with E-state index in [2.05, 4.69) is 20.0 Å². The summed E-state index contributed by atoms with van der Waals surface area (Å²) in [7, 11) is 0. The van der Waals surface area contributed by atoms with Crippen molar-refractivity contribution in [1.29, 1.82) is 0 Å². The summed E-state index contributed by atoms with van der Waals surface area (Å²) in [6, 6.07) is 8.37. The number of aromatic nitrogens is 3. The van der Waals surface area contributed by atoms with Gasteiger partial charge >= 0.3 is 0 Å². The molecule has 2 aliphatic heterocycles. The van der Waals surface area contributed by atoms with Crippen LogP contribution in [-0.2, 0) is 4.79 Å². The molecule has 0 spiro atoms. The minimum Gasteiger partial charge on any atom is -0.423 e. The summed E-state index contributed by atoms with van der Waals surface area (Å²) < 4.78 is 11.1. The molecule has 1 atom stereocenters. The number of oxazole rings is 1. The average molecular weight is 409 g/mol. The number of amides is 1. The van der Waals surface area contributed by atoms with Crippen LogP contribution in [0.4, 0.5) is 6.01 Å². The molecular formula is C22H27N5O3. The monoisotopic (exact) mass is 409 g/mol. The molecule has 2 aromatic heterocycles. The lowest BCUT2D eigenvalue weighted by molar-refractivity contribution is -0.139. The molecule has 1 amide bonds. The second kappa shape index (κ2) is 8.08. The fraction of sp³-hybridized carbons (Fsp3) is 0.545. The Morgan fingerprint density at radius 3 is 2.63 bits per heavy atom. The van der Waals surface area contributed by atoms with Gasteiger partial charge < -0.3 is 18.7 Å². The van der Waals surface area contributed by atoms with Crippen molar-refractivity contribution < 1.29 is 13.7 Å². The van der Waals surface area contributed by atoms with Gasteiger partial charge in [0.2, 0.25) is 11.8 Å². The van der Waals surface area contributed by atoms with E-state index in [1.807, 2.05) is 29.2 Å². The fourth-order valence-corrected chi connectivity index (χ4v) is 4.64.